The van der Waals surface area contributed by atoms with Gasteiger partial charge in [-0.15, -0.1) is 0 Å². The topological polar surface area (TPSA) is 142 Å². The van der Waals surface area contributed by atoms with Crippen molar-refractivity contribution >= 4 is 59.0 Å². The summed E-state index contributed by atoms with van der Waals surface area (Å²) in [6.45, 7) is 6.94. The predicted molar refractivity (Wildman–Crippen MR) is 174 cm³/mol. The monoisotopic (exact) mass is 675 g/mol. The van der Waals surface area contributed by atoms with Crippen LogP contribution in [-0.4, -0.2) is 80.8 Å². The summed E-state index contributed by atoms with van der Waals surface area (Å²) >= 11 is 7.60. The molecular weight excluding hydrogens is 638 g/mol. The van der Waals surface area contributed by atoms with Crippen molar-refractivity contribution in [2.24, 2.45) is 10.4 Å². The molecule has 12 nitrogen and oxygen atoms in total. The van der Waals surface area contributed by atoms with Crippen molar-refractivity contribution in [2.45, 2.75) is 51.2 Å². The number of amides is 2. The van der Waals surface area contributed by atoms with Gasteiger partial charge in [0.15, 0.2) is 11.5 Å². The molecule has 1 N–H and O–H groups in total. The molecule has 2 aliphatic rings. The maximum Gasteiger partial charge on any atom is 0.348 e. The number of para-hydroxylation sites is 1. The summed E-state index contributed by atoms with van der Waals surface area (Å²) in [6.07, 6.45) is -1.38. The van der Waals surface area contributed by atoms with Crippen LogP contribution in [0.25, 0.3) is 0 Å². The first-order valence-electron chi connectivity index (χ1n) is 14.6. The molecule has 0 saturated carbocycles. The number of anilines is 1. The van der Waals surface area contributed by atoms with Crippen molar-refractivity contribution < 1.29 is 42.9 Å². The predicted octanol–water partition coefficient (Wildman–Crippen LogP) is 4.31. The summed E-state index contributed by atoms with van der Waals surface area (Å²) in [4.78, 5) is 56.7. The Morgan fingerprint density at radius 3 is 2.54 bits per heavy atom. The number of aliphatic imine (C=N–C) groups is 1. The number of carbonyl (C=O) groups excluding carboxylic acids is 4. The summed E-state index contributed by atoms with van der Waals surface area (Å²) in [5.41, 5.74) is 0.861. The maximum absolute atomic E-state index is 14.5. The molecule has 2 heterocycles. The molecule has 0 bridgehead atoms. The van der Waals surface area contributed by atoms with E-state index in [1.54, 1.807) is 43.3 Å². The third-order valence-electron chi connectivity index (χ3n) is 7.29. The van der Waals surface area contributed by atoms with Crippen molar-refractivity contribution in [3.8, 4) is 11.5 Å². The zero-order valence-electron chi connectivity index (χ0n) is 26.6. The molecular formula is C32H38ClN3O9S. The smallest absolute Gasteiger partial charge is 0.348 e. The molecule has 14 heteroatoms. The van der Waals surface area contributed by atoms with E-state index < -0.39 is 52.7 Å². The first-order valence-corrected chi connectivity index (χ1v) is 15.9. The fraction of sp³-hybridized carbons (Fsp3) is 0.469. The van der Waals surface area contributed by atoms with Crippen molar-refractivity contribution in [1.29, 1.82) is 0 Å². The van der Waals surface area contributed by atoms with Crippen molar-refractivity contribution in [3.63, 3.8) is 0 Å². The number of hydrogen-bond donors (Lipinski definition) is 1. The highest BCUT2D eigenvalue weighted by Crippen LogP contribution is 2.45. The number of carbonyl (C=O) groups is 4. The molecule has 2 amide bonds. The second kappa shape index (κ2) is 14.7. The van der Waals surface area contributed by atoms with Gasteiger partial charge in [-0.05, 0) is 31.2 Å². The zero-order chi connectivity index (χ0) is 33.6. The van der Waals surface area contributed by atoms with Gasteiger partial charge in [0.05, 0.1) is 39.7 Å². The highest BCUT2D eigenvalue weighted by Gasteiger charge is 2.46. The van der Waals surface area contributed by atoms with Gasteiger partial charge in [-0.25, -0.2) is 4.79 Å². The number of hydrogen-bond acceptors (Lipinski definition) is 11. The van der Waals surface area contributed by atoms with E-state index in [4.69, 9.17) is 35.3 Å². The van der Waals surface area contributed by atoms with Crippen LogP contribution in [-0.2, 0) is 33.4 Å². The van der Waals surface area contributed by atoms with Crippen molar-refractivity contribution in [1.82, 2.24) is 5.32 Å². The Morgan fingerprint density at radius 1 is 1.15 bits per heavy atom. The third kappa shape index (κ3) is 7.76. The molecule has 1 unspecified atom stereocenters. The van der Waals surface area contributed by atoms with E-state index >= 15 is 0 Å². The van der Waals surface area contributed by atoms with Crippen LogP contribution in [0.4, 0.5) is 5.69 Å². The number of nitrogens with one attached hydrogen (secondary N) is 1. The van der Waals surface area contributed by atoms with Gasteiger partial charge in [0.1, 0.15) is 12.2 Å². The fourth-order valence-electron chi connectivity index (χ4n) is 5.24. The van der Waals surface area contributed by atoms with Crippen LogP contribution in [0.15, 0.2) is 41.4 Å². The summed E-state index contributed by atoms with van der Waals surface area (Å²) in [6, 6.07) is 10.3. The van der Waals surface area contributed by atoms with Crippen LogP contribution >= 0.6 is 23.4 Å². The first-order chi connectivity index (χ1) is 21.8. The van der Waals surface area contributed by atoms with Crippen LogP contribution in [0.2, 0.25) is 5.02 Å². The minimum Gasteiger partial charge on any atom is -0.493 e. The number of rotatable bonds is 12. The SMILES string of the molecule is CCOC(=O)C1(NC(=O)C[C@H]2O[C@H](c3cccc(OC)c3OC)c3cc(Cl)ccc3N(CC(C)(C)COC(C)=O)C2=O)C=NCS1. The largest absolute Gasteiger partial charge is 0.493 e. The van der Waals surface area contributed by atoms with Crippen LogP contribution in [0, 0.1) is 5.41 Å². The molecule has 248 valence electrons. The number of thioether (sulfide) groups is 1. The summed E-state index contributed by atoms with van der Waals surface area (Å²) in [5, 5.41) is 3.11. The molecule has 2 aliphatic heterocycles. The second-order valence-electron chi connectivity index (χ2n) is 11.5. The van der Waals surface area contributed by atoms with Crippen molar-refractivity contribution in [2.75, 3.05) is 44.8 Å². The third-order valence-corrected chi connectivity index (χ3v) is 8.63. The quantitative estimate of drug-likeness (QED) is 0.324. The minimum absolute atomic E-state index is 0.0345. The van der Waals surface area contributed by atoms with Gasteiger partial charge in [0, 0.05) is 46.9 Å². The lowest BCUT2D eigenvalue weighted by atomic mass is 9.92. The van der Waals surface area contributed by atoms with Crippen LogP contribution in [0.1, 0.15) is 51.3 Å². The Morgan fingerprint density at radius 2 is 1.91 bits per heavy atom. The Bertz CT molecular complexity index is 1520. The number of fused-ring (bicyclic) bond motifs is 1. The van der Waals surface area contributed by atoms with E-state index in [2.05, 4.69) is 10.3 Å². The molecule has 0 fully saturated rings. The van der Waals surface area contributed by atoms with E-state index in [-0.39, 0.29) is 25.6 Å². The average Bonchev–Trinajstić information content (AvgIpc) is 3.46. The Balaban J connectivity index is 1.80. The molecule has 2 aromatic carbocycles. The molecule has 0 radical (unpaired) electrons. The van der Waals surface area contributed by atoms with Gasteiger partial charge in [-0.1, -0.05) is 49.3 Å². The number of halogens is 1. The van der Waals surface area contributed by atoms with E-state index in [0.29, 0.717) is 33.3 Å². The summed E-state index contributed by atoms with van der Waals surface area (Å²) in [7, 11) is 3.00. The van der Waals surface area contributed by atoms with Crippen molar-refractivity contribution in [3.05, 3.63) is 52.5 Å². The maximum atomic E-state index is 14.5. The molecule has 0 aliphatic carbocycles. The fourth-order valence-corrected chi connectivity index (χ4v) is 6.28. The number of esters is 2. The molecule has 46 heavy (non-hydrogen) atoms. The summed E-state index contributed by atoms with van der Waals surface area (Å²) in [5.74, 6) is -1.21. The number of methoxy groups -OCH3 is 2. The number of benzene rings is 2. The minimum atomic E-state index is -1.53. The highest BCUT2D eigenvalue weighted by molar-refractivity contribution is 8.02. The van der Waals surface area contributed by atoms with Gasteiger partial charge in [0.2, 0.25) is 10.8 Å². The molecule has 0 aromatic heterocycles. The average molecular weight is 676 g/mol. The van der Waals surface area contributed by atoms with Crippen LogP contribution in [0.3, 0.4) is 0 Å². The Labute approximate surface area is 277 Å². The Hall–Kier alpha value is -3.81. The van der Waals surface area contributed by atoms with Gasteiger partial charge in [-0.3, -0.25) is 19.4 Å². The Kier molecular flexibility index (Phi) is 11.2. The van der Waals surface area contributed by atoms with E-state index in [9.17, 15) is 19.2 Å². The van der Waals surface area contributed by atoms with E-state index in [1.807, 2.05) is 13.8 Å². The van der Waals surface area contributed by atoms with Crippen LogP contribution in [0.5, 0.6) is 11.5 Å². The lowest BCUT2D eigenvalue weighted by Crippen LogP contribution is -2.54. The lowest BCUT2D eigenvalue weighted by molar-refractivity contribution is -0.147. The molecule has 0 saturated heterocycles. The molecule has 2 aromatic rings. The van der Waals surface area contributed by atoms with Crippen LogP contribution < -0.4 is 19.7 Å². The van der Waals surface area contributed by atoms with Gasteiger partial charge >= 0.3 is 11.9 Å². The number of nitrogens with zero attached hydrogens (tertiary/aromatic N) is 2. The summed E-state index contributed by atoms with van der Waals surface area (Å²) < 4.78 is 28.3. The number of ether oxygens (including phenoxy) is 5. The lowest BCUT2D eigenvalue weighted by Gasteiger charge is -2.33. The first kappa shape index (κ1) is 35.1. The molecule has 0 spiro atoms. The standard InChI is InChI=1S/C32H38ClN3O9S/c1-7-43-30(40)32(15-34-18-46-32)35-26(38)14-25-29(39)36(16-31(3,4)17-44-19(2)37)23-12-11-20(33)13-22(23)27(45-25)21-9-8-10-24(41-5)28(21)42-6/h8-13,15,25,27H,7,14,16-18H2,1-6H3,(H,35,38)/t25-,27-,32?/m1/s1. The molecule has 4 rings (SSSR count). The normalized spacial score (nSPS) is 20.8. The van der Waals surface area contributed by atoms with Gasteiger partial charge in [-0.2, -0.15) is 0 Å². The highest BCUT2D eigenvalue weighted by atomic mass is 35.5. The van der Waals surface area contributed by atoms with Gasteiger partial charge < -0.3 is 33.9 Å². The van der Waals surface area contributed by atoms with E-state index in [0.717, 1.165) is 11.8 Å². The second-order valence-corrected chi connectivity index (χ2v) is 13.1. The molecule has 3 atom stereocenters. The van der Waals surface area contributed by atoms with E-state index in [1.165, 1.54) is 32.3 Å². The van der Waals surface area contributed by atoms with Gasteiger partial charge in [0.25, 0.3) is 5.91 Å². The zero-order valence-corrected chi connectivity index (χ0v) is 28.2.